The van der Waals surface area contributed by atoms with E-state index in [2.05, 4.69) is 5.32 Å². The predicted octanol–water partition coefficient (Wildman–Crippen LogP) is 6.50. The van der Waals surface area contributed by atoms with E-state index in [1.165, 1.54) is 12.1 Å². The lowest BCUT2D eigenvalue weighted by atomic mass is 10.0. The van der Waals surface area contributed by atoms with Crippen LogP contribution < -0.4 is 5.32 Å². The quantitative estimate of drug-likeness (QED) is 0.263. The van der Waals surface area contributed by atoms with Crippen molar-refractivity contribution < 1.29 is 14.0 Å². The topological polar surface area (TPSA) is 49.4 Å². The van der Waals surface area contributed by atoms with Crippen molar-refractivity contribution in [2.75, 3.05) is 0 Å². The molecule has 1 unspecified atom stereocenters. The SMILES string of the molecule is O=C(NCc1ccc(Cl)cc1)C(c1ccccc1)N(Cc1ccc(F)cc1)C(=O)CCc1ccccc1. The van der Waals surface area contributed by atoms with Crippen molar-refractivity contribution >= 4 is 23.4 Å². The molecule has 1 N–H and O–H groups in total. The van der Waals surface area contributed by atoms with Crippen molar-refractivity contribution in [3.05, 3.63) is 142 Å². The average molecular weight is 515 g/mol. The molecule has 0 aliphatic carbocycles. The summed E-state index contributed by atoms with van der Waals surface area (Å²) in [5.74, 6) is -0.814. The van der Waals surface area contributed by atoms with E-state index in [9.17, 15) is 14.0 Å². The highest BCUT2D eigenvalue weighted by molar-refractivity contribution is 6.30. The Morgan fingerprint density at radius 1 is 0.757 bits per heavy atom. The van der Waals surface area contributed by atoms with Crippen LogP contribution >= 0.6 is 11.6 Å². The van der Waals surface area contributed by atoms with Crippen molar-refractivity contribution in [3.63, 3.8) is 0 Å². The van der Waals surface area contributed by atoms with E-state index in [1.54, 1.807) is 29.2 Å². The van der Waals surface area contributed by atoms with E-state index in [0.29, 0.717) is 23.6 Å². The van der Waals surface area contributed by atoms with E-state index in [1.807, 2.05) is 72.8 Å². The Hall–Kier alpha value is -3.96. The van der Waals surface area contributed by atoms with Crippen molar-refractivity contribution in [2.45, 2.75) is 32.0 Å². The van der Waals surface area contributed by atoms with Gasteiger partial charge in [-0.15, -0.1) is 0 Å². The molecular weight excluding hydrogens is 487 g/mol. The van der Waals surface area contributed by atoms with Gasteiger partial charge in [0.1, 0.15) is 11.9 Å². The van der Waals surface area contributed by atoms with Crippen LogP contribution in [0.4, 0.5) is 4.39 Å². The maximum Gasteiger partial charge on any atom is 0.247 e. The van der Waals surface area contributed by atoms with Gasteiger partial charge in [0.05, 0.1) is 0 Å². The normalized spacial score (nSPS) is 11.5. The van der Waals surface area contributed by atoms with Crippen LogP contribution in [0.15, 0.2) is 109 Å². The van der Waals surface area contributed by atoms with Crippen LogP contribution in [0.3, 0.4) is 0 Å². The Kier molecular flexibility index (Phi) is 9.06. The van der Waals surface area contributed by atoms with Crippen LogP contribution in [-0.2, 0) is 29.1 Å². The summed E-state index contributed by atoms with van der Waals surface area (Å²) in [7, 11) is 0. The molecule has 4 nitrogen and oxygen atoms in total. The number of amides is 2. The molecule has 188 valence electrons. The van der Waals surface area contributed by atoms with Crippen molar-refractivity contribution in [2.24, 2.45) is 0 Å². The summed E-state index contributed by atoms with van der Waals surface area (Å²) >= 11 is 5.99. The van der Waals surface area contributed by atoms with Gasteiger partial charge >= 0.3 is 0 Å². The number of rotatable bonds is 10. The first-order chi connectivity index (χ1) is 18.0. The molecule has 0 aliphatic rings. The number of aryl methyl sites for hydroxylation is 1. The van der Waals surface area contributed by atoms with Crippen LogP contribution in [0.1, 0.15) is 34.7 Å². The summed E-state index contributed by atoms with van der Waals surface area (Å²) in [5, 5.41) is 3.60. The monoisotopic (exact) mass is 514 g/mol. The van der Waals surface area contributed by atoms with Gasteiger partial charge in [0.25, 0.3) is 0 Å². The summed E-state index contributed by atoms with van der Waals surface area (Å²) in [6.07, 6.45) is 0.784. The van der Waals surface area contributed by atoms with Gasteiger partial charge in [0, 0.05) is 24.5 Å². The summed E-state index contributed by atoms with van der Waals surface area (Å²) < 4.78 is 13.6. The molecule has 0 bridgehead atoms. The Balaban J connectivity index is 1.62. The van der Waals surface area contributed by atoms with Crippen molar-refractivity contribution in [1.82, 2.24) is 10.2 Å². The second-order valence-corrected chi connectivity index (χ2v) is 9.23. The fourth-order valence-electron chi connectivity index (χ4n) is 4.15. The molecule has 1 atom stereocenters. The summed E-state index contributed by atoms with van der Waals surface area (Å²) in [6, 6.07) is 31.4. The Labute approximate surface area is 221 Å². The predicted molar refractivity (Wildman–Crippen MR) is 144 cm³/mol. The number of benzene rings is 4. The van der Waals surface area contributed by atoms with Gasteiger partial charge in [0.2, 0.25) is 11.8 Å². The number of carbonyl (C=O) groups is 2. The van der Waals surface area contributed by atoms with Gasteiger partial charge in [-0.1, -0.05) is 96.5 Å². The number of nitrogens with zero attached hydrogens (tertiary/aromatic N) is 1. The zero-order valence-electron chi connectivity index (χ0n) is 20.3. The standard InChI is InChI=1S/C31H28ClFN2O2/c32-27-16-11-24(12-17-27)21-34-31(37)30(26-9-5-2-6-10-26)35(22-25-13-18-28(33)19-14-25)29(36)20-15-23-7-3-1-4-8-23/h1-14,16-19,30H,15,20-22H2,(H,34,37). The highest BCUT2D eigenvalue weighted by Crippen LogP contribution is 2.25. The molecule has 37 heavy (non-hydrogen) atoms. The summed E-state index contributed by atoms with van der Waals surface area (Å²) in [5.41, 5.74) is 3.37. The number of halogens is 2. The molecule has 0 radical (unpaired) electrons. The fraction of sp³-hybridized carbons (Fsp3) is 0.161. The molecule has 0 aliphatic heterocycles. The lowest BCUT2D eigenvalue weighted by Crippen LogP contribution is -2.43. The van der Waals surface area contributed by atoms with E-state index in [4.69, 9.17) is 11.6 Å². The highest BCUT2D eigenvalue weighted by Gasteiger charge is 2.31. The fourth-order valence-corrected chi connectivity index (χ4v) is 4.27. The van der Waals surface area contributed by atoms with E-state index in [-0.39, 0.29) is 30.6 Å². The third-order valence-electron chi connectivity index (χ3n) is 6.11. The van der Waals surface area contributed by atoms with E-state index < -0.39 is 6.04 Å². The molecule has 0 spiro atoms. The third kappa shape index (κ3) is 7.51. The number of nitrogens with one attached hydrogen (secondary N) is 1. The van der Waals surface area contributed by atoms with Crippen LogP contribution in [0.5, 0.6) is 0 Å². The third-order valence-corrected chi connectivity index (χ3v) is 6.36. The number of carbonyl (C=O) groups excluding carboxylic acids is 2. The lowest BCUT2D eigenvalue weighted by molar-refractivity contribution is -0.141. The number of hydrogen-bond donors (Lipinski definition) is 1. The minimum Gasteiger partial charge on any atom is -0.350 e. The molecule has 4 aromatic rings. The van der Waals surface area contributed by atoms with Crippen LogP contribution in [0, 0.1) is 5.82 Å². The first-order valence-electron chi connectivity index (χ1n) is 12.1. The number of hydrogen-bond acceptors (Lipinski definition) is 2. The van der Waals surface area contributed by atoms with Gasteiger partial charge in [-0.3, -0.25) is 9.59 Å². The molecule has 0 saturated carbocycles. The van der Waals surface area contributed by atoms with Crippen molar-refractivity contribution in [1.29, 1.82) is 0 Å². The Bertz CT molecular complexity index is 1300. The molecule has 4 aromatic carbocycles. The second kappa shape index (κ2) is 12.8. The first-order valence-corrected chi connectivity index (χ1v) is 12.5. The lowest BCUT2D eigenvalue weighted by Gasteiger charge is -2.32. The van der Waals surface area contributed by atoms with Crippen LogP contribution in [0.25, 0.3) is 0 Å². The average Bonchev–Trinajstić information content (AvgIpc) is 2.93. The van der Waals surface area contributed by atoms with Gasteiger partial charge in [0.15, 0.2) is 0 Å². The zero-order chi connectivity index (χ0) is 26.0. The van der Waals surface area contributed by atoms with E-state index in [0.717, 1.165) is 16.7 Å². The maximum absolute atomic E-state index is 13.7. The highest BCUT2D eigenvalue weighted by atomic mass is 35.5. The minimum atomic E-state index is -0.859. The van der Waals surface area contributed by atoms with Crippen LogP contribution in [0.2, 0.25) is 5.02 Å². The summed E-state index contributed by atoms with van der Waals surface area (Å²) in [6.45, 7) is 0.462. The molecule has 0 aromatic heterocycles. The van der Waals surface area contributed by atoms with Gasteiger partial charge in [-0.25, -0.2) is 4.39 Å². The minimum absolute atomic E-state index is 0.163. The molecule has 0 saturated heterocycles. The molecule has 2 amide bonds. The van der Waals surface area contributed by atoms with Gasteiger partial charge in [-0.2, -0.15) is 0 Å². The Morgan fingerprint density at radius 3 is 2.00 bits per heavy atom. The molecule has 0 fully saturated rings. The Morgan fingerprint density at radius 2 is 1.35 bits per heavy atom. The van der Waals surface area contributed by atoms with Crippen molar-refractivity contribution in [3.8, 4) is 0 Å². The largest absolute Gasteiger partial charge is 0.350 e. The van der Waals surface area contributed by atoms with Crippen LogP contribution in [-0.4, -0.2) is 16.7 Å². The second-order valence-electron chi connectivity index (χ2n) is 8.79. The zero-order valence-corrected chi connectivity index (χ0v) is 21.1. The summed E-state index contributed by atoms with van der Waals surface area (Å²) in [4.78, 5) is 28.9. The smallest absolute Gasteiger partial charge is 0.247 e. The first kappa shape index (κ1) is 26.1. The molecule has 0 heterocycles. The van der Waals surface area contributed by atoms with Gasteiger partial charge in [-0.05, 0) is 52.9 Å². The van der Waals surface area contributed by atoms with Gasteiger partial charge < -0.3 is 10.2 Å². The molecule has 4 rings (SSSR count). The molecule has 6 heteroatoms. The maximum atomic E-state index is 13.7. The molecular formula is C31H28ClFN2O2. The van der Waals surface area contributed by atoms with E-state index >= 15 is 0 Å².